The van der Waals surface area contributed by atoms with E-state index in [1.165, 1.54) is 5.56 Å². The van der Waals surface area contributed by atoms with Crippen molar-refractivity contribution in [1.82, 2.24) is 9.80 Å². The van der Waals surface area contributed by atoms with Gasteiger partial charge in [0.2, 0.25) is 11.8 Å². The van der Waals surface area contributed by atoms with Crippen molar-refractivity contribution >= 4 is 17.5 Å². The van der Waals surface area contributed by atoms with Crippen LogP contribution in [0.4, 0.5) is 5.69 Å². The number of rotatable bonds is 5. The van der Waals surface area contributed by atoms with Crippen molar-refractivity contribution < 1.29 is 9.59 Å². The molecule has 1 aromatic rings. The Hall–Kier alpha value is -1.88. The Morgan fingerprint density at radius 3 is 2.17 bits per heavy atom. The summed E-state index contributed by atoms with van der Waals surface area (Å²) in [4.78, 5) is 30.2. The van der Waals surface area contributed by atoms with Gasteiger partial charge in [0, 0.05) is 51.8 Å². The summed E-state index contributed by atoms with van der Waals surface area (Å²) in [5, 5.41) is 0. The monoisotopic (exact) mass is 331 g/mol. The molecular formula is C19H29N3O2. The SMILES string of the molecule is CC(=O)N(CCC(=O)N1CCN(C)CC1)c1ccc(C(C)C)cc1. The van der Waals surface area contributed by atoms with Crippen molar-refractivity contribution in [2.24, 2.45) is 0 Å². The molecule has 0 saturated carbocycles. The largest absolute Gasteiger partial charge is 0.340 e. The van der Waals surface area contributed by atoms with Gasteiger partial charge in [-0.1, -0.05) is 26.0 Å². The van der Waals surface area contributed by atoms with E-state index >= 15 is 0 Å². The summed E-state index contributed by atoms with van der Waals surface area (Å²) in [7, 11) is 2.07. The maximum atomic E-state index is 12.4. The fourth-order valence-electron chi connectivity index (χ4n) is 2.93. The number of amides is 2. The highest BCUT2D eigenvalue weighted by Gasteiger charge is 2.20. The third-order valence-electron chi connectivity index (χ3n) is 4.66. The van der Waals surface area contributed by atoms with E-state index in [-0.39, 0.29) is 11.8 Å². The smallest absolute Gasteiger partial charge is 0.224 e. The van der Waals surface area contributed by atoms with Gasteiger partial charge in [0.15, 0.2) is 0 Å². The molecule has 0 radical (unpaired) electrons. The molecule has 0 bridgehead atoms. The predicted octanol–water partition coefficient (Wildman–Crippen LogP) is 2.33. The number of piperazine rings is 1. The Labute approximate surface area is 145 Å². The first-order valence-electron chi connectivity index (χ1n) is 8.73. The number of anilines is 1. The van der Waals surface area contributed by atoms with Crippen LogP contribution in [0.3, 0.4) is 0 Å². The molecule has 0 unspecified atom stereocenters. The molecular weight excluding hydrogens is 302 g/mol. The van der Waals surface area contributed by atoms with Gasteiger partial charge in [-0.3, -0.25) is 9.59 Å². The highest BCUT2D eigenvalue weighted by atomic mass is 16.2. The number of carbonyl (C=O) groups excluding carboxylic acids is 2. The lowest BCUT2D eigenvalue weighted by atomic mass is 10.0. The van der Waals surface area contributed by atoms with Crippen LogP contribution in [0.2, 0.25) is 0 Å². The van der Waals surface area contributed by atoms with Gasteiger partial charge in [-0.25, -0.2) is 0 Å². The molecule has 1 aliphatic rings. The lowest BCUT2D eigenvalue weighted by Crippen LogP contribution is -2.47. The highest BCUT2D eigenvalue weighted by Crippen LogP contribution is 2.20. The molecule has 0 atom stereocenters. The number of hydrogen-bond donors (Lipinski definition) is 0. The summed E-state index contributed by atoms with van der Waals surface area (Å²) < 4.78 is 0. The summed E-state index contributed by atoms with van der Waals surface area (Å²) in [5.41, 5.74) is 2.11. The molecule has 24 heavy (non-hydrogen) atoms. The van der Waals surface area contributed by atoms with E-state index < -0.39 is 0 Å². The number of benzene rings is 1. The second kappa shape index (κ2) is 8.29. The topological polar surface area (TPSA) is 43.9 Å². The fourth-order valence-corrected chi connectivity index (χ4v) is 2.93. The Morgan fingerprint density at radius 2 is 1.67 bits per heavy atom. The standard InChI is InChI=1S/C19H29N3O2/c1-15(2)17-5-7-18(8-6-17)22(16(3)23)10-9-19(24)21-13-11-20(4)12-14-21/h5-8,15H,9-14H2,1-4H3. The van der Waals surface area contributed by atoms with Crippen molar-refractivity contribution in [2.45, 2.75) is 33.1 Å². The van der Waals surface area contributed by atoms with E-state index in [0.717, 1.165) is 31.9 Å². The molecule has 1 saturated heterocycles. The number of carbonyl (C=O) groups is 2. The van der Waals surface area contributed by atoms with E-state index in [1.54, 1.807) is 11.8 Å². The number of nitrogens with zero attached hydrogens (tertiary/aromatic N) is 3. The summed E-state index contributed by atoms with van der Waals surface area (Å²) in [5.74, 6) is 0.565. The lowest BCUT2D eigenvalue weighted by molar-refractivity contribution is -0.132. The van der Waals surface area contributed by atoms with Gasteiger partial charge in [0.05, 0.1) is 0 Å². The summed E-state index contributed by atoms with van der Waals surface area (Å²) >= 11 is 0. The minimum atomic E-state index is -0.0292. The molecule has 5 nitrogen and oxygen atoms in total. The molecule has 132 valence electrons. The minimum Gasteiger partial charge on any atom is -0.340 e. The van der Waals surface area contributed by atoms with E-state index in [1.807, 2.05) is 17.0 Å². The van der Waals surface area contributed by atoms with Crippen LogP contribution >= 0.6 is 0 Å². The maximum absolute atomic E-state index is 12.4. The van der Waals surface area contributed by atoms with Gasteiger partial charge >= 0.3 is 0 Å². The molecule has 2 amide bonds. The summed E-state index contributed by atoms with van der Waals surface area (Å²) in [6.45, 7) is 9.66. The van der Waals surface area contributed by atoms with Crippen molar-refractivity contribution in [3.63, 3.8) is 0 Å². The number of likely N-dealkylation sites (N-methyl/N-ethyl adjacent to an activating group) is 1. The highest BCUT2D eigenvalue weighted by molar-refractivity contribution is 5.92. The van der Waals surface area contributed by atoms with Crippen LogP contribution in [0.25, 0.3) is 0 Å². The van der Waals surface area contributed by atoms with Crippen LogP contribution in [-0.4, -0.2) is 61.4 Å². The molecule has 0 aliphatic carbocycles. The van der Waals surface area contributed by atoms with Crippen LogP contribution in [-0.2, 0) is 9.59 Å². The quantitative estimate of drug-likeness (QED) is 0.832. The summed E-state index contributed by atoms with van der Waals surface area (Å²) in [6, 6.07) is 8.05. The molecule has 1 heterocycles. The van der Waals surface area contributed by atoms with Gasteiger partial charge in [-0.05, 0) is 30.7 Å². The van der Waals surface area contributed by atoms with E-state index in [2.05, 4.69) is 37.9 Å². The Morgan fingerprint density at radius 1 is 1.08 bits per heavy atom. The molecule has 5 heteroatoms. The second-order valence-electron chi connectivity index (χ2n) is 6.85. The van der Waals surface area contributed by atoms with E-state index in [9.17, 15) is 9.59 Å². The van der Waals surface area contributed by atoms with Crippen LogP contribution < -0.4 is 4.90 Å². The van der Waals surface area contributed by atoms with Crippen molar-refractivity contribution in [1.29, 1.82) is 0 Å². The number of hydrogen-bond acceptors (Lipinski definition) is 3. The Bertz CT molecular complexity index is 560. The zero-order chi connectivity index (χ0) is 17.7. The van der Waals surface area contributed by atoms with Gasteiger partial charge in [-0.15, -0.1) is 0 Å². The molecule has 1 fully saturated rings. The minimum absolute atomic E-state index is 0.0292. The predicted molar refractivity (Wildman–Crippen MR) is 97.3 cm³/mol. The van der Waals surface area contributed by atoms with Crippen molar-refractivity contribution in [3.05, 3.63) is 29.8 Å². The maximum Gasteiger partial charge on any atom is 0.224 e. The van der Waals surface area contributed by atoms with Gasteiger partial charge in [-0.2, -0.15) is 0 Å². The van der Waals surface area contributed by atoms with Crippen LogP contribution in [0.1, 0.15) is 38.7 Å². The van der Waals surface area contributed by atoms with Crippen LogP contribution in [0, 0.1) is 0 Å². The average Bonchev–Trinajstić information content (AvgIpc) is 2.55. The fraction of sp³-hybridized carbons (Fsp3) is 0.579. The van der Waals surface area contributed by atoms with Gasteiger partial charge in [0.1, 0.15) is 0 Å². The normalized spacial score (nSPS) is 15.6. The lowest BCUT2D eigenvalue weighted by Gasteiger charge is -2.33. The first-order chi connectivity index (χ1) is 11.4. The Balaban J connectivity index is 1.96. The molecule has 1 aromatic carbocycles. The van der Waals surface area contributed by atoms with E-state index in [4.69, 9.17) is 0 Å². The first-order valence-corrected chi connectivity index (χ1v) is 8.73. The van der Waals surface area contributed by atoms with Crippen molar-refractivity contribution in [3.8, 4) is 0 Å². The van der Waals surface area contributed by atoms with E-state index in [0.29, 0.717) is 18.9 Å². The van der Waals surface area contributed by atoms with Gasteiger partial charge < -0.3 is 14.7 Å². The zero-order valence-electron chi connectivity index (χ0n) is 15.3. The van der Waals surface area contributed by atoms with Crippen LogP contribution in [0.5, 0.6) is 0 Å². The molecule has 0 aromatic heterocycles. The zero-order valence-corrected chi connectivity index (χ0v) is 15.3. The van der Waals surface area contributed by atoms with Crippen molar-refractivity contribution in [2.75, 3.05) is 44.7 Å². The Kier molecular flexibility index (Phi) is 6.37. The average molecular weight is 331 g/mol. The molecule has 2 rings (SSSR count). The molecule has 1 aliphatic heterocycles. The first kappa shape index (κ1) is 18.5. The van der Waals surface area contributed by atoms with Crippen LogP contribution in [0.15, 0.2) is 24.3 Å². The summed E-state index contributed by atoms with van der Waals surface area (Å²) in [6.07, 6.45) is 0.370. The third-order valence-corrected chi connectivity index (χ3v) is 4.66. The molecule has 0 N–H and O–H groups in total. The molecule has 0 spiro atoms. The second-order valence-corrected chi connectivity index (χ2v) is 6.85. The third kappa shape index (κ3) is 4.81. The van der Waals surface area contributed by atoms with Gasteiger partial charge in [0.25, 0.3) is 0 Å².